The SMILES string of the molecule is CC(CN1CCCCC1)Nc1nc(N)cn2ccnc12. The van der Waals surface area contributed by atoms with Crippen LogP contribution in [0.5, 0.6) is 0 Å². The average molecular weight is 274 g/mol. The van der Waals surface area contributed by atoms with Crippen LogP contribution >= 0.6 is 0 Å². The molecule has 1 saturated heterocycles. The molecule has 2 aromatic heterocycles. The van der Waals surface area contributed by atoms with Gasteiger partial charge >= 0.3 is 0 Å². The van der Waals surface area contributed by atoms with Gasteiger partial charge in [0.05, 0.1) is 6.20 Å². The van der Waals surface area contributed by atoms with Gasteiger partial charge in [0.25, 0.3) is 0 Å². The lowest BCUT2D eigenvalue weighted by molar-refractivity contribution is 0.223. The topological polar surface area (TPSA) is 71.5 Å². The predicted octanol–water partition coefficient (Wildman–Crippen LogP) is 1.60. The first-order valence-electron chi connectivity index (χ1n) is 7.30. The molecule has 0 bridgehead atoms. The number of piperidine rings is 1. The van der Waals surface area contributed by atoms with Crippen LogP contribution in [0.4, 0.5) is 11.6 Å². The fourth-order valence-corrected chi connectivity index (χ4v) is 2.86. The van der Waals surface area contributed by atoms with Crippen LogP contribution in [0.3, 0.4) is 0 Å². The van der Waals surface area contributed by atoms with E-state index in [0.717, 1.165) is 18.0 Å². The molecule has 1 aliphatic rings. The van der Waals surface area contributed by atoms with Gasteiger partial charge < -0.3 is 20.4 Å². The zero-order valence-electron chi connectivity index (χ0n) is 11.9. The predicted molar refractivity (Wildman–Crippen MR) is 80.8 cm³/mol. The first-order chi connectivity index (χ1) is 9.72. The average Bonchev–Trinajstić information content (AvgIpc) is 2.88. The smallest absolute Gasteiger partial charge is 0.180 e. The van der Waals surface area contributed by atoms with E-state index in [1.165, 1.54) is 32.4 Å². The van der Waals surface area contributed by atoms with Crippen LogP contribution in [0.1, 0.15) is 26.2 Å². The summed E-state index contributed by atoms with van der Waals surface area (Å²) in [5.74, 6) is 1.27. The molecule has 20 heavy (non-hydrogen) atoms. The van der Waals surface area contributed by atoms with E-state index in [4.69, 9.17) is 5.73 Å². The third kappa shape index (κ3) is 2.85. The van der Waals surface area contributed by atoms with Gasteiger partial charge in [0.15, 0.2) is 11.5 Å². The maximum atomic E-state index is 5.83. The van der Waals surface area contributed by atoms with Gasteiger partial charge in [-0.2, -0.15) is 0 Å². The number of fused-ring (bicyclic) bond motifs is 1. The van der Waals surface area contributed by atoms with Gasteiger partial charge in [-0.1, -0.05) is 6.42 Å². The van der Waals surface area contributed by atoms with Gasteiger partial charge in [0.1, 0.15) is 5.82 Å². The third-order valence-electron chi connectivity index (χ3n) is 3.76. The van der Waals surface area contributed by atoms with E-state index >= 15 is 0 Å². The molecule has 3 heterocycles. The molecular formula is C14H22N6. The molecule has 2 aromatic rings. The van der Waals surface area contributed by atoms with Gasteiger partial charge in [0, 0.05) is 25.0 Å². The molecule has 0 aromatic carbocycles. The molecule has 0 spiro atoms. The zero-order chi connectivity index (χ0) is 13.9. The number of hydrogen-bond donors (Lipinski definition) is 2. The number of anilines is 2. The van der Waals surface area contributed by atoms with Crippen molar-refractivity contribution in [1.29, 1.82) is 0 Å². The van der Waals surface area contributed by atoms with E-state index in [-0.39, 0.29) is 0 Å². The van der Waals surface area contributed by atoms with Crippen molar-refractivity contribution in [3.63, 3.8) is 0 Å². The molecule has 0 aliphatic carbocycles. The lowest BCUT2D eigenvalue weighted by Crippen LogP contribution is -2.38. The maximum Gasteiger partial charge on any atom is 0.180 e. The molecule has 3 N–H and O–H groups in total. The van der Waals surface area contributed by atoms with Crippen LogP contribution < -0.4 is 11.1 Å². The van der Waals surface area contributed by atoms with Crippen molar-refractivity contribution in [2.45, 2.75) is 32.2 Å². The molecule has 1 unspecified atom stereocenters. The van der Waals surface area contributed by atoms with E-state index in [1.807, 2.05) is 10.6 Å². The van der Waals surface area contributed by atoms with Gasteiger partial charge in [-0.15, -0.1) is 0 Å². The Bertz CT molecular complexity index is 572. The largest absolute Gasteiger partial charge is 0.382 e. The second-order valence-corrected chi connectivity index (χ2v) is 5.58. The van der Waals surface area contributed by atoms with Crippen molar-refractivity contribution in [3.8, 4) is 0 Å². The summed E-state index contributed by atoms with van der Waals surface area (Å²) in [6, 6.07) is 0.322. The molecule has 6 heteroatoms. The Kier molecular flexibility index (Phi) is 3.73. The van der Waals surface area contributed by atoms with Crippen LogP contribution in [0.25, 0.3) is 5.65 Å². The standard InChI is InChI=1S/C14H22N6/c1-11(9-19-6-3-2-4-7-19)17-13-14-16-5-8-20(14)10-12(15)18-13/h5,8,10-11H,2-4,6-7,9,15H2,1H3,(H,17,18). The Morgan fingerprint density at radius 3 is 2.95 bits per heavy atom. The number of nitrogens with zero attached hydrogens (tertiary/aromatic N) is 4. The molecule has 0 amide bonds. The van der Waals surface area contributed by atoms with Crippen molar-refractivity contribution in [1.82, 2.24) is 19.3 Å². The number of imidazole rings is 1. The fourth-order valence-electron chi connectivity index (χ4n) is 2.86. The summed E-state index contributed by atoms with van der Waals surface area (Å²) in [7, 11) is 0. The van der Waals surface area contributed by atoms with Crippen molar-refractivity contribution >= 4 is 17.3 Å². The fraction of sp³-hybridized carbons (Fsp3) is 0.571. The number of aromatic nitrogens is 3. The maximum absolute atomic E-state index is 5.83. The number of nitrogens with two attached hydrogens (primary N) is 1. The Labute approximate surface area is 119 Å². The first kappa shape index (κ1) is 13.2. The first-order valence-corrected chi connectivity index (χ1v) is 7.30. The summed E-state index contributed by atoms with van der Waals surface area (Å²) in [6.45, 7) is 5.62. The summed E-state index contributed by atoms with van der Waals surface area (Å²) < 4.78 is 1.90. The molecular weight excluding hydrogens is 252 g/mol. The molecule has 0 saturated carbocycles. The second kappa shape index (κ2) is 5.66. The van der Waals surface area contributed by atoms with Gasteiger partial charge in [-0.3, -0.25) is 0 Å². The molecule has 1 fully saturated rings. The van der Waals surface area contributed by atoms with E-state index in [9.17, 15) is 0 Å². The van der Waals surface area contributed by atoms with E-state index < -0.39 is 0 Å². The number of likely N-dealkylation sites (tertiary alicyclic amines) is 1. The van der Waals surface area contributed by atoms with Gasteiger partial charge in [-0.05, 0) is 32.9 Å². The Balaban J connectivity index is 1.70. The Morgan fingerprint density at radius 1 is 1.35 bits per heavy atom. The second-order valence-electron chi connectivity index (χ2n) is 5.58. The molecule has 0 radical (unpaired) electrons. The summed E-state index contributed by atoms with van der Waals surface area (Å²) in [5.41, 5.74) is 6.66. The van der Waals surface area contributed by atoms with Crippen molar-refractivity contribution < 1.29 is 0 Å². The Morgan fingerprint density at radius 2 is 2.15 bits per heavy atom. The van der Waals surface area contributed by atoms with Crippen LogP contribution in [-0.2, 0) is 0 Å². The number of rotatable bonds is 4. The van der Waals surface area contributed by atoms with Crippen molar-refractivity contribution in [2.24, 2.45) is 0 Å². The highest BCUT2D eigenvalue weighted by atomic mass is 15.2. The molecule has 108 valence electrons. The third-order valence-corrected chi connectivity index (χ3v) is 3.76. The van der Waals surface area contributed by atoms with Crippen LogP contribution in [0, 0.1) is 0 Å². The monoisotopic (exact) mass is 274 g/mol. The van der Waals surface area contributed by atoms with Gasteiger partial charge in [-0.25, -0.2) is 9.97 Å². The summed E-state index contributed by atoms with van der Waals surface area (Å²) in [4.78, 5) is 11.2. The highest BCUT2D eigenvalue weighted by Gasteiger charge is 2.15. The normalized spacial score (nSPS) is 18.2. The van der Waals surface area contributed by atoms with Crippen molar-refractivity contribution in [2.75, 3.05) is 30.7 Å². The molecule has 6 nitrogen and oxygen atoms in total. The zero-order valence-corrected chi connectivity index (χ0v) is 11.9. The lowest BCUT2D eigenvalue weighted by atomic mass is 10.1. The molecule has 3 rings (SSSR count). The van der Waals surface area contributed by atoms with E-state index in [2.05, 4.69) is 27.1 Å². The minimum absolute atomic E-state index is 0.322. The number of nitrogen functional groups attached to an aromatic ring is 1. The van der Waals surface area contributed by atoms with Crippen LogP contribution in [-0.4, -0.2) is 44.9 Å². The van der Waals surface area contributed by atoms with E-state index in [1.54, 1.807) is 12.4 Å². The van der Waals surface area contributed by atoms with Gasteiger partial charge in [0.2, 0.25) is 0 Å². The van der Waals surface area contributed by atoms with E-state index in [0.29, 0.717) is 11.9 Å². The Hall–Kier alpha value is -1.82. The van der Waals surface area contributed by atoms with Crippen LogP contribution in [0.15, 0.2) is 18.6 Å². The van der Waals surface area contributed by atoms with Crippen molar-refractivity contribution in [3.05, 3.63) is 18.6 Å². The minimum Gasteiger partial charge on any atom is -0.382 e. The highest BCUT2D eigenvalue weighted by Crippen LogP contribution is 2.16. The summed E-state index contributed by atoms with van der Waals surface area (Å²) >= 11 is 0. The summed E-state index contributed by atoms with van der Waals surface area (Å²) in [6.07, 6.45) is 9.42. The number of hydrogen-bond acceptors (Lipinski definition) is 5. The quantitative estimate of drug-likeness (QED) is 0.886. The van der Waals surface area contributed by atoms with Crippen LogP contribution in [0.2, 0.25) is 0 Å². The molecule has 1 atom stereocenters. The lowest BCUT2D eigenvalue weighted by Gasteiger charge is -2.29. The molecule has 1 aliphatic heterocycles. The minimum atomic E-state index is 0.322. The summed E-state index contributed by atoms with van der Waals surface area (Å²) in [5, 5.41) is 3.44. The number of nitrogens with one attached hydrogen (secondary N) is 1. The highest BCUT2D eigenvalue weighted by molar-refractivity contribution is 5.65.